The summed E-state index contributed by atoms with van der Waals surface area (Å²) in [7, 11) is 0. The number of rotatable bonds is 4. The predicted octanol–water partition coefficient (Wildman–Crippen LogP) is 3.06. The average Bonchev–Trinajstić information content (AvgIpc) is 2.38. The van der Waals surface area contributed by atoms with E-state index in [1.165, 1.54) is 0 Å². The summed E-state index contributed by atoms with van der Waals surface area (Å²) in [5, 5.41) is 0. The topological polar surface area (TPSA) is 48.1 Å². The summed E-state index contributed by atoms with van der Waals surface area (Å²) in [6.07, 6.45) is 1.62. The SMILES string of the molecule is NC(=S)c1ccc(OCc2ccc(Br)cc2)cn1. The number of hydrogen-bond acceptors (Lipinski definition) is 3. The van der Waals surface area contributed by atoms with Gasteiger partial charge in [-0.05, 0) is 29.8 Å². The second kappa shape index (κ2) is 5.93. The highest BCUT2D eigenvalue weighted by Crippen LogP contribution is 2.14. The molecule has 0 spiro atoms. The van der Waals surface area contributed by atoms with Gasteiger partial charge < -0.3 is 10.5 Å². The van der Waals surface area contributed by atoms with E-state index >= 15 is 0 Å². The van der Waals surface area contributed by atoms with Gasteiger partial charge in [0.2, 0.25) is 0 Å². The summed E-state index contributed by atoms with van der Waals surface area (Å²) in [5.41, 5.74) is 7.16. The number of nitrogens with zero attached hydrogens (tertiary/aromatic N) is 1. The van der Waals surface area contributed by atoms with Crippen molar-refractivity contribution in [2.45, 2.75) is 6.61 Å². The Hall–Kier alpha value is -1.46. The van der Waals surface area contributed by atoms with Gasteiger partial charge in [-0.3, -0.25) is 0 Å². The van der Waals surface area contributed by atoms with E-state index in [0.29, 0.717) is 18.1 Å². The molecule has 18 heavy (non-hydrogen) atoms. The van der Waals surface area contributed by atoms with Crippen molar-refractivity contribution in [3.05, 3.63) is 58.3 Å². The van der Waals surface area contributed by atoms with Gasteiger partial charge in [0, 0.05) is 4.47 Å². The van der Waals surface area contributed by atoms with Gasteiger partial charge in [-0.2, -0.15) is 0 Å². The highest BCUT2D eigenvalue weighted by molar-refractivity contribution is 9.10. The summed E-state index contributed by atoms with van der Waals surface area (Å²) < 4.78 is 6.65. The Morgan fingerprint density at radius 1 is 1.22 bits per heavy atom. The number of ether oxygens (including phenoxy) is 1. The molecule has 1 aromatic carbocycles. The first-order chi connectivity index (χ1) is 8.65. The third-order valence-electron chi connectivity index (χ3n) is 2.31. The fourth-order valence-electron chi connectivity index (χ4n) is 1.36. The minimum Gasteiger partial charge on any atom is -0.487 e. The Bertz CT molecular complexity index is 540. The van der Waals surface area contributed by atoms with Crippen LogP contribution in [0.3, 0.4) is 0 Å². The lowest BCUT2D eigenvalue weighted by Crippen LogP contribution is -2.11. The molecule has 2 rings (SSSR count). The van der Waals surface area contributed by atoms with Crippen LogP contribution in [-0.4, -0.2) is 9.97 Å². The van der Waals surface area contributed by atoms with E-state index in [2.05, 4.69) is 20.9 Å². The fraction of sp³-hybridized carbons (Fsp3) is 0.0769. The monoisotopic (exact) mass is 322 g/mol. The van der Waals surface area contributed by atoms with Gasteiger partial charge in [-0.15, -0.1) is 0 Å². The average molecular weight is 323 g/mol. The van der Waals surface area contributed by atoms with Gasteiger partial charge in [0.05, 0.1) is 11.9 Å². The molecule has 0 amide bonds. The largest absolute Gasteiger partial charge is 0.487 e. The Labute approximate surface area is 119 Å². The van der Waals surface area contributed by atoms with Crippen LogP contribution in [-0.2, 0) is 6.61 Å². The molecule has 1 heterocycles. The summed E-state index contributed by atoms with van der Waals surface area (Å²) in [6.45, 7) is 0.501. The Balaban J connectivity index is 1.97. The van der Waals surface area contributed by atoms with Crippen LogP contribution in [0.4, 0.5) is 0 Å². The molecule has 92 valence electrons. The maximum absolute atomic E-state index is 5.60. The van der Waals surface area contributed by atoms with Crippen molar-refractivity contribution in [3.8, 4) is 5.75 Å². The molecule has 0 saturated carbocycles. The molecule has 0 saturated heterocycles. The van der Waals surface area contributed by atoms with Crippen molar-refractivity contribution in [3.63, 3.8) is 0 Å². The Kier molecular flexibility index (Phi) is 4.28. The summed E-state index contributed by atoms with van der Waals surface area (Å²) in [5.74, 6) is 0.693. The van der Waals surface area contributed by atoms with Gasteiger partial charge in [0.15, 0.2) is 0 Å². The number of hydrogen-bond donors (Lipinski definition) is 1. The summed E-state index contributed by atoms with van der Waals surface area (Å²) in [4.78, 5) is 4.39. The number of benzene rings is 1. The molecule has 0 atom stereocenters. The predicted molar refractivity (Wildman–Crippen MR) is 78.6 cm³/mol. The van der Waals surface area contributed by atoms with E-state index in [1.54, 1.807) is 18.3 Å². The van der Waals surface area contributed by atoms with Crippen LogP contribution in [0, 0.1) is 0 Å². The first-order valence-corrected chi connectivity index (χ1v) is 6.48. The zero-order chi connectivity index (χ0) is 13.0. The third-order valence-corrected chi connectivity index (χ3v) is 3.05. The molecular formula is C13H11BrN2OS. The van der Waals surface area contributed by atoms with Crippen molar-refractivity contribution in [1.29, 1.82) is 0 Å². The molecule has 0 radical (unpaired) electrons. The van der Waals surface area contributed by atoms with Crippen LogP contribution in [0.2, 0.25) is 0 Å². The van der Waals surface area contributed by atoms with Crippen LogP contribution in [0.1, 0.15) is 11.3 Å². The highest BCUT2D eigenvalue weighted by atomic mass is 79.9. The first kappa shape index (κ1) is 13.0. The zero-order valence-corrected chi connectivity index (χ0v) is 11.9. The number of thiocarbonyl (C=S) groups is 1. The van der Waals surface area contributed by atoms with Crippen LogP contribution in [0.25, 0.3) is 0 Å². The zero-order valence-electron chi connectivity index (χ0n) is 9.47. The van der Waals surface area contributed by atoms with E-state index in [4.69, 9.17) is 22.7 Å². The second-order valence-electron chi connectivity index (χ2n) is 3.66. The molecule has 0 bridgehead atoms. The molecule has 5 heteroatoms. The van der Waals surface area contributed by atoms with Crippen molar-refractivity contribution in [2.24, 2.45) is 5.73 Å². The fourth-order valence-corrected chi connectivity index (χ4v) is 1.74. The van der Waals surface area contributed by atoms with Crippen LogP contribution < -0.4 is 10.5 Å². The molecule has 0 aliphatic carbocycles. The van der Waals surface area contributed by atoms with Gasteiger partial charge in [0.25, 0.3) is 0 Å². The second-order valence-corrected chi connectivity index (χ2v) is 5.01. The van der Waals surface area contributed by atoms with E-state index in [9.17, 15) is 0 Å². The van der Waals surface area contributed by atoms with Crippen molar-refractivity contribution < 1.29 is 4.74 Å². The molecule has 1 aromatic heterocycles. The maximum atomic E-state index is 5.60. The van der Waals surface area contributed by atoms with E-state index < -0.39 is 0 Å². The van der Waals surface area contributed by atoms with Crippen LogP contribution >= 0.6 is 28.1 Å². The standard InChI is InChI=1S/C13H11BrN2OS/c14-10-3-1-9(2-4-10)8-17-11-5-6-12(13(15)18)16-7-11/h1-7H,8H2,(H2,15,18). The lowest BCUT2D eigenvalue weighted by molar-refractivity contribution is 0.305. The minimum atomic E-state index is 0.287. The van der Waals surface area contributed by atoms with Gasteiger partial charge in [-0.25, -0.2) is 4.98 Å². The molecule has 0 aliphatic rings. The molecule has 0 aliphatic heterocycles. The van der Waals surface area contributed by atoms with Crippen molar-refractivity contribution in [1.82, 2.24) is 4.98 Å². The van der Waals surface area contributed by atoms with Crippen LogP contribution in [0.5, 0.6) is 5.75 Å². The van der Waals surface area contributed by atoms with E-state index in [1.807, 2.05) is 24.3 Å². The molecule has 2 N–H and O–H groups in total. The lowest BCUT2D eigenvalue weighted by atomic mass is 10.2. The molecular weight excluding hydrogens is 312 g/mol. The molecule has 3 nitrogen and oxygen atoms in total. The van der Waals surface area contributed by atoms with Gasteiger partial charge in [0.1, 0.15) is 17.3 Å². The smallest absolute Gasteiger partial charge is 0.138 e. The van der Waals surface area contributed by atoms with Gasteiger partial charge in [-0.1, -0.05) is 40.3 Å². The lowest BCUT2D eigenvalue weighted by Gasteiger charge is -2.06. The molecule has 0 fully saturated rings. The number of pyridine rings is 1. The highest BCUT2D eigenvalue weighted by Gasteiger charge is 2.00. The van der Waals surface area contributed by atoms with E-state index in [0.717, 1.165) is 10.0 Å². The van der Waals surface area contributed by atoms with E-state index in [-0.39, 0.29) is 4.99 Å². The first-order valence-electron chi connectivity index (χ1n) is 5.28. The quantitative estimate of drug-likeness (QED) is 0.879. The molecule has 0 unspecified atom stereocenters. The van der Waals surface area contributed by atoms with Gasteiger partial charge >= 0.3 is 0 Å². The summed E-state index contributed by atoms with van der Waals surface area (Å²) in [6, 6.07) is 11.5. The third kappa shape index (κ3) is 3.51. The Morgan fingerprint density at radius 3 is 2.50 bits per heavy atom. The normalized spacial score (nSPS) is 10.1. The van der Waals surface area contributed by atoms with Crippen molar-refractivity contribution >= 4 is 33.1 Å². The number of halogens is 1. The summed E-state index contributed by atoms with van der Waals surface area (Å²) >= 11 is 8.22. The number of aromatic nitrogens is 1. The maximum Gasteiger partial charge on any atom is 0.138 e. The Morgan fingerprint density at radius 2 is 1.94 bits per heavy atom. The minimum absolute atomic E-state index is 0.287. The van der Waals surface area contributed by atoms with Crippen molar-refractivity contribution in [2.75, 3.05) is 0 Å². The number of nitrogens with two attached hydrogens (primary N) is 1. The van der Waals surface area contributed by atoms with Crippen LogP contribution in [0.15, 0.2) is 47.1 Å². The molecule has 2 aromatic rings.